The molecule has 0 aliphatic rings. The van der Waals surface area contributed by atoms with Crippen molar-refractivity contribution in [1.29, 1.82) is 0 Å². The van der Waals surface area contributed by atoms with Crippen molar-refractivity contribution in [3.8, 4) is 11.5 Å². The van der Waals surface area contributed by atoms with Crippen molar-refractivity contribution in [3.05, 3.63) is 34.2 Å². The number of phenolic OH excluding ortho intramolecular Hbond substituents is 2. The molecular weight excluding hydrogens is 294 g/mol. The van der Waals surface area contributed by atoms with Crippen molar-refractivity contribution in [2.24, 2.45) is 0 Å². The lowest BCUT2D eigenvalue weighted by Crippen LogP contribution is -2.19. The van der Waals surface area contributed by atoms with Gasteiger partial charge in [0.2, 0.25) is 0 Å². The van der Waals surface area contributed by atoms with Crippen LogP contribution in [-0.4, -0.2) is 36.5 Å². The first-order valence-corrected chi connectivity index (χ1v) is 7.23. The number of nitrogens with one attached hydrogen (secondary N) is 1. The van der Waals surface area contributed by atoms with E-state index in [1.807, 2.05) is 13.8 Å². The Morgan fingerprint density at radius 3 is 2.76 bits per heavy atom. The lowest BCUT2D eigenvalue weighted by Gasteiger charge is -2.08. The van der Waals surface area contributed by atoms with Gasteiger partial charge in [-0.15, -0.1) is 5.10 Å². The van der Waals surface area contributed by atoms with E-state index < -0.39 is 0 Å². The van der Waals surface area contributed by atoms with Gasteiger partial charge in [-0.05, 0) is 26.0 Å². The first kappa shape index (κ1) is 15.2. The smallest absolute Gasteiger partial charge is 0.344 e. The van der Waals surface area contributed by atoms with Gasteiger partial charge in [-0.1, -0.05) is 11.8 Å². The predicted octanol–water partition coefficient (Wildman–Crippen LogP) is 1.54. The number of hydrogen-bond acceptors (Lipinski definition) is 6. The van der Waals surface area contributed by atoms with Gasteiger partial charge in [0.15, 0.2) is 10.9 Å². The van der Waals surface area contributed by atoms with Gasteiger partial charge in [0, 0.05) is 12.1 Å². The minimum Gasteiger partial charge on any atom is -0.508 e. The van der Waals surface area contributed by atoms with Crippen molar-refractivity contribution < 1.29 is 15.0 Å². The second kappa shape index (κ2) is 6.04. The van der Waals surface area contributed by atoms with Crippen LogP contribution in [0.4, 0.5) is 0 Å². The summed E-state index contributed by atoms with van der Waals surface area (Å²) in [6.45, 7) is 3.68. The van der Waals surface area contributed by atoms with E-state index in [4.69, 9.17) is 0 Å². The number of thioether (sulfide) groups is 1. The van der Waals surface area contributed by atoms with E-state index in [-0.39, 0.29) is 40.3 Å². The fourth-order valence-corrected chi connectivity index (χ4v) is 2.77. The maximum atomic E-state index is 12.1. The molecule has 2 rings (SSSR count). The predicted molar refractivity (Wildman–Crippen MR) is 78.1 cm³/mol. The Kier molecular flexibility index (Phi) is 4.37. The third kappa shape index (κ3) is 3.27. The minimum atomic E-state index is -0.326. The molecule has 2 aromatic rings. The molecule has 8 heteroatoms. The van der Waals surface area contributed by atoms with E-state index in [1.165, 1.54) is 16.7 Å². The highest BCUT2D eigenvalue weighted by Crippen LogP contribution is 2.25. The summed E-state index contributed by atoms with van der Waals surface area (Å²) >= 11 is 1.11. The first-order valence-electron chi connectivity index (χ1n) is 6.25. The van der Waals surface area contributed by atoms with Gasteiger partial charge in [-0.2, -0.15) is 0 Å². The van der Waals surface area contributed by atoms with Crippen molar-refractivity contribution in [1.82, 2.24) is 14.8 Å². The summed E-state index contributed by atoms with van der Waals surface area (Å²) in [5.74, 6) is -0.681. The fourth-order valence-electron chi connectivity index (χ4n) is 1.81. The zero-order chi connectivity index (χ0) is 15.6. The molecule has 0 spiro atoms. The second-order valence-corrected chi connectivity index (χ2v) is 5.63. The fraction of sp³-hybridized carbons (Fsp3) is 0.308. The van der Waals surface area contributed by atoms with E-state index >= 15 is 0 Å². The molecule has 0 radical (unpaired) electrons. The number of H-pyrrole nitrogens is 1. The second-order valence-electron chi connectivity index (χ2n) is 4.69. The van der Waals surface area contributed by atoms with Crippen LogP contribution < -0.4 is 5.69 Å². The molecule has 1 aromatic carbocycles. The van der Waals surface area contributed by atoms with E-state index in [0.29, 0.717) is 5.16 Å². The summed E-state index contributed by atoms with van der Waals surface area (Å²) in [5, 5.41) is 25.5. The van der Waals surface area contributed by atoms with Crippen molar-refractivity contribution in [2.45, 2.75) is 25.0 Å². The van der Waals surface area contributed by atoms with Crippen LogP contribution in [0.2, 0.25) is 0 Å². The number of carbonyl (C=O) groups is 1. The van der Waals surface area contributed by atoms with Gasteiger partial charge in [-0.3, -0.25) is 9.36 Å². The molecule has 0 aliphatic heterocycles. The standard InChI is InChI=1S/C13H15N3O4S/c1-7(2)16-12(20)14-15-13(16)21-6-11(19)9-4-3-8(17)5-10(9)18/h3-5,7,17-18H,6H2,1-2H3,(H,14,20). The van der Waals surface area contributed by atoms with E-state index in [1.54, 1.807) is 0 Å². The van der Waals surface area contributed by atoms with Gasteiger partial charge in [-0.25, -0.2) is 9.89 Å². The number of hydrogen-bond donors (Lipinski definition) is 3. The van der Waals surface area contributed by atoms with E-state index in [2.05, 4.69) is 10.2 Å². The number of ketones is 1. The van der Waals surface area contributed by atoms with Gasteiger partial charge in [0.05, 0.1) is 11.3 Å². The monoisotopic (exact) mass is 309 g/mol. The Morgan fingerprint density at radius 2 is 2.14 bits per heavy atom. The normalized spacial score (nSPS) is 11.0. The number of Topliss-reactive ketones (excluding diaryl/α,β-unsaturated/α-hetero) is 1. The molecule has 21 heavy (non-hydrogen) atoms. The highest BCUT2D eigenvalue weighted by Gasteiger charge is 2.16. The van der Waals surface area contributed by atoms with Gasteiger partial charge in [0.25, 0.3) is 0 Å². The van der Waals surface area contributed by atoms with E-state index in [9.17, 15) is 19.8 Å². The third-order valence-corrected chi connectivity index (χ3v) is 3.76. The average Bonchev–Trinajstić information content (AvgIpc) is 2.77. The van der Waals surface area contributed by atoms with Crippen LogP contribution in [0.25, 0.3) is 0 Å². The molecule has 0 aliphatic carbocycles. The number of benzene rings is 1. The van der Waals surface area contributed by atoms with Gasteiger partial charge >= 0.3 is 5.69 Å². The molecule has 0 atom stereocenters. The van der Waals surface area contributed by atoms with Crippen LogP contribution in [0.5, 0.6) is 11.5 Å². The van der Waals surface area contributed by atoms with Gasteiger partial charge < -0.3 is 10.2 Å². The zero-order valence-electron chi connectivity index (χ0n) is 11.5. The number of phenols is 2. The first-order chi connectivity index (χ1) is 9.90. The molecule has 0 unspecified atom stereocenters. The summed E-state index contributed by atoms with van der Waals surface area (Å²) in [6.07, 6.45) is 0. The number of rotatable bonds is 5. The molecule has 1 aromatic heterocycles. The van der Waals surface area contributed by atoms with Crippen LogP contribution in [0.15, 0.2) is 28.2 Å². The lowest BCUT2D eigenvalue weighted by atomic mass is 10.1. The molecule has 3 N–H and O–H groups in total. The minimum absolute atomic E-state index is 0.0232. The molecular formula is C13H15N3O4S. The molecule has 0 saturated carbocycles. The SMILES string of the molecule is CC(C)n1c(SCC(=O)c2ccc(O)cc2O)n[nH]c1=O. The van der Waals surface area contributed by atoms with Crippen molar-refractivity contribution >= 4 is 17.5 Å². The van der Waals surface area contributed by atoms with Crippen LogP contribution in [0.1, 0.15) is 30.2 Å². The summed E-state index contributed by atoms with van der Waals surface area (Å²) in [4.78, 5) is 23.6. The molecule has 0 amide bonds. The third-order valence-electron chi connectivity index (χ3n) is 2.80. The maximum absolute atomic E-state index is 12.1. The summed E-state index contributed by atoms with van der Waals surface area (Å²) in [7, 11) is 0. The Balaban J connectivity index is 2.13. The van der Waals surface area contributed by atoms with Crippen LogP contribution >= 0.6 is 11.8 Å². The van der Waals surface area contributed by atoms with Gasteiger partial charge in [0.1, 0.15) is 11.5 Å². The summed E-state index contributed by atoms with van der Waals surface area (Å²) < 4.78 is 1.45. The maximum Gasteiger partial charge on any atom is 0.344 e. The Bertz CT molecular complexity index is 720. The van der Waals surface area contributed by atoms with E-state index in [0.717, 1.165) is 17.8 Å². The Hall–Kier alpha value is -2.22. The number of aromatic amines is 1. The molecule has 0 fully saturated rings. The van der Waals surface area contributed by atoms with Crippen LogP contribution in [-0.2, 0) is 0 Å². The summed E-state index contributed by atoms with van der Waals surface area (Å²) in [6, 6.07) is 3.72. The van der Waals surface area contributed by atoms with Crippen LogP contribution in [0, 0.1) is 0 Å². The molecule has 7 nitrogen and oxygen atoms in total. The molecule has 1 heterocycles. The van der Waals surface area contributed by atoms with Crippen LogP contribution in [0.3, 0.4) is 0 Å². The quantitative estimate of drug-likeness (QED) is 0.571. The average molecular weight is 309 g/mol. The van der Waals surface area contributed by atoms with Crippen molar-refractivity contribution in [3.63, 3.8) is 0 Å². The number of carbonyl (C=O) groups excluding carboxylic acids is 1. The molecule has 112 valence electrons. The molecule has 0 bridgehead atoms. The number of aromatic hydroxyl groups is 2. The zero-order valence-corrected chi connectivity index (χ0v) is 12.3. The highest BCUT2D eigenvalue weighted by atomic mass is 32.2. The topological polar surface area (TPSA) is 108 Å². The largest absolute Gasteiger partial charge is 0.508 e. The summed E-state index contributed by atoms with van der Waals surface area (Å²) in [5.41, 5.74) is -0.207. The Morgan fingerprint density at radius 1 is 1.43 bits per heavy atom. The number of nitrogens with zero attached hydrogens (tertiary/aromatic N) is 2. The lowest BCUT2D eigenvalue weighted by molar-refractivity contribution is 0.102. The highest BCUT2D eigenvalue weighted by molar-refractivity contribution is 7.99. The Labute approximate surface area is 124 Å². The number of aromatic nitrogens is 3. The molecule has 0 saturated heterocycles. The van der Waals surface area contributed by atoms with Crippen molar-refractivity contribution in [2.75, 3.05) is 5.75 Å².